The van der Waals surface area contributed by atoms with Crippen LogP contribution < -0.4 is 14.8 Å². The molecule has 0 heterocycles. The van der Waals surface area contributed by atoms with Crippen molar-refractivity contribution < 1.29 is 9.47 Å². The Morgan fingerprint density at radius 2 is 1.95 bits per heavy atom. The number of benzene rings is 1. The van der Waals surface area contributed by atoms with Crippen LogP contribution in [0.1, 0.15) is 57.1 Å². The first-order valence-electron chi connectivity index (χ1n) is 8.41. The number of hydrogen-bond acceptors (Lipinski definition) is 3. The molecule has 0 radical (unpaired) electrons. The van der Waals surface area contributed by atoms with Crippen molar-refractivity contribution in [3.05, 3.63) is 35.4 Å². The standard InChI is InChI=1S/C19H29NO2/c1-4-17(20-13-12-15-8-6-5-7-9-15)16-10-11-18(21-2)19(14-16)22-3/h8,10-11,14,17,20H,4-7,9,12-13H2,1-3H3/t17-/m0/s1. The minimum absolute atomic E-state index is 0.365. The van der Waals surface area contributed by atoms with Gasteiger partial charge in [0.05, 0.1) is 14.2 Å². The summed E-state index contributed by atoms with van der Waals surface area (Å²) in [6.45, 7) is 3.26. The van der Waals surface area contributed by atoms with Gasteiger partial charge in [0.2, 0.25) is 0 Å². The van der Waals surface area contributed by atoms with E-state index in [-0.39, 0.29) is 0 Å². The Balaban J connectivity index is 1.94. The average molecular weight is 303 g/mol. The molecule has 1 atom stereocenters. The van der Waals surface area contributed by atoms with Gasteiger partial charge in [-0.25, -0.2) is 0 Å². The van der Waals surface area contributed by atoms with Crippen molar-refractivity contribution in [1.29, 1.82) is 0 Å². The lowest BCUT2D eigenvalue weighted by Gasteiger charge is -2.20. The highest BCUT2D eigenvalue weighted by Crippen LogP contribution is 2.31. The van der Waals surface area contributed by atoms with Crippen molar-refractivity contribution >= 4 is 0 Å². The monoisotopic (exact) mass is 303 g/mol. The molecule has 1 aromatic carbocycles. The van der Waals surface area contributed by atoms with Gasteiger partial charge in [-0.15, -0.1) is 0 Å². The van der Waals surface area contributed by atoms with E-state index in [1.54, 1.807) is 19.8 Å². The van der Waals surface area contributed by atoms with Gasteiger partial charge in [0.1, 0.15) is 0 Å². The number of allylic oxidation sites excluding steroid dienone is 1. The fourth-order valence-electron chi connectivity index (χ4n) is 3.11. The zero-order valence-electron chi connectivity index (χ0n) is 14.2. The van der Waals surface area contributed by atoms with Crippen LogP contribution in [0.4, 0.5) is 0 Å². The lowest BCUT2D eigenvalue weighted by Crippen LogP contribution is -2.22. The molecule has 1 aliphatic rings. The van der Waals surface area contributed by atoms with Crippen LogP contribution in [0.15, 0.2) is 29.8 Å². The van der Waals surface area contributed by atoms with Gasteiger partial charge < -0.3 is 14.8 Å². The number of ether oxygens (including phenoxy) is 2. The van der Waals surface area contributed by atoms with Crippen molar-refractivity contribution in [3.8, 4) is 11.5 Å². The Morgan fingerprint density at radius 1 is 1.14 bits per heavy atom. The summed E-state index contributed by atoms with van der Waals surface area (Å²) in [4.78, 5) is 0. The molecule has 1 aliphatic carbocycles. The number of hydrogen-bond donors (Lipinski definition) is 1. The van der Waals surface area contributed by atoms with E-state index >= 15 is 0 Å². The SMILES string of the molecule is CC[C@H](NCCC1=CCCCC1)c1ccc(OC)c(OC)c1. The Hall–Kier alpha value is -1.48. The van der Waals surface area contributed by atoms with Crippen LogP contribution in [0.3, 0.4) is 0 Å². The molecule has 0 saturated heterocycles. The molecular weight excluding hydrogens is 274 g/mol. The van der Waals surface area contributed by atoms with Crippen LogP contribution in [0.5, 0.6) is 11.5 Å². The van der Waals surface area contributed by atoms with Gasteiger partial charge in [0.15, 0.2) is 11.5 Å². The maximum absolute atomic E-state index is 5.41. The largest absolute Gasteiger partial charge is 0.493 e. The second kappa shape index (κ2) is 8.84. The summed E-state index contributed by atoms with van der Waals surface area (Å²) < 4.78 is 10.7. The summed E-state index contributed by atoms with van der Waals surface area (Å²) in [5.74, 6) is 1.59. The lowest BCUT2D eigenvalue weighted by atomic mass is 9.97. The van der Waals surface area contributed by atoms with Crippen LogP contribution in [0.2, 0.25) is 0 Å². The highest BCUT2D eigenvalue weighted by atomic mass is 16.5. The summed E-state index contributed by atoms with van der Waals surface area (Å²) in [6, 6.07) is 6.56. The maximum atomic E-state index is 5.41. The molecule has 3 nitrogen and oxygen atoms in total. The molecule has 1 aromatic rings. The van der Waals surface area contributed by atoms with Crippen LogP contribution >= 0.6 is 0 Å². The predicted molar refractivity (Wildman–Crippen MR) is 91.7 cm³/mol. The van der Waals surface area contributed by atoms with Crippen molar-refractivity contribution in [1.82, 2.24) is 5.32 Å². The van der Waals surface area contributed by atoms with Gasteiger partial charge in [-0.05, 0) is 62.8 Å². The molecular formula is C19H29NO2. The third-order valence-electron chi connectivity index (χ3n) is 4.44. The molecule has 1 N–H and O–H groups in total. The summed E-state index contributed by atoms with van der Waals surface area (Å²) in [5, 5.41) is 3.68. The zero-order chi connectivity index (χ0) is 15.8. The van der Waals surface area contributed by atoms with E-state index in [0.717, 1.165) is 24.5 Å². The molecule has 2 rings (SSSR count). The van der Waals surface area contributed by atoms with Gasteiger partial charge in [0, 0.05) is 6.04 Å². The second-order valence-electron chi connectivity index (χ2n) is 5.89. The van der Waals surface area contributed by atoms with Gasteiger partial charge >= 0.3 is 0 Å². The van der Waals surface area contributed by atoms with E-state index in [0.29, 0.717) is 6.04 Å². The van der Waals surface area contributed by atoms with E-state index in [1.807, 2.05) is 6.07 Å². The molecule has 0 spiro atoms. The van der Waals surface area contributed by atoms with Gasteiger partial charge in [-0.3, -0.25) is 0 Å². The van der Waals surface area contributed by atoms with E-state index in [9.17, 15) is 0 Å². The van der Waals surface area contributed by atoms with Crippen molar-refractivity contribution in [2.24, 2.45) is 0 Å². The molecule has 0 fully saturated rings. The molecule has 3 heteroatoms. The highest BCUT2D eigenvalue weighted by molar-refractivity contribution is 5.43. The first kappa shape index (κ1) is 16.9. The number of nitrogens with one attached hydrogen (secondary N) is 1. The number of rotatable bonds is 8. The predicted octanol–water partition coefficient (Wildman–Crippen LogP) is 4.64. The van der Waals surface area contributed by atoms with Gasteiger partial charge in [-0.1, -0.05) is 24.6 Å². The van der Waals surface area contributed by atoms with Crippen LogP contribution in [-0.2, 0) is 0 Å². The Morgan fingerprint density at radius 3 is 2.59 bits per heavy atom. The summed E-state index contributed by atoms with van der Waals surface area (Å²) in [6.07, 6.45) is 9.94. The molecule has 122 valence electrons. The fraction of sp³-hybridized carbons (Fsp3) is 0.579. The van der Waals surface area contributed by atoms with E-state index in [1.165, 1.54) is 37.7 Å². The average Bonchev–Trinajstić information content (AvgIpc) is 2.59. The van der Waals surface area contributed by atoms with E-state index < -0.39 is 0 Å². The van der Waals surface area contributed by atoms with Gasteiger partial charge in [-0.2, -0.15) is 0 Å². The summed E-state index contributed by atoms with van der Waals surface area (Å²) in [5.41, 5.74) is 2.89. The Labute approximate surface area is 134 Å². The topological polar surface area (TPSA) is 30.5 Å². The smallest absolute Gasteiger partial charge is 0.161 e. The Bertz CT molecular complexity index is 496. The van der Waals surface area contributed by atoms with E-state index in [4.69, 9.17) is 9.47 Å². The first-order valence-corrected chi connectivity index (χ1v) is 8.41. The first-order chi connectivity index (χ1) is 10.8. The fourth-order valence-corrected chi connectivity index (χ4v) is 3.11. The maximum Gasteiger partial charge on any atom is 0.161 e. The normalized spacial score (nSPS) is 16.0. The van der Waals surface area contributed by atoms with Crippen molar-refractivity contribution in [3.63, 3.8) is 0 Å². The minimum atomic E-state index is 0.365. The summed E-state index contributed by atoms with van der Waals surface area (Å²) in [7, 11) is 3.36. The number of methoxy groups -OCH3 is 2. The van der Waals surface area contributed by atoms with Crippen molar-refractivity contribution in [2.75, 3.05) is 20.8 Å². The zero-order valence-corrected chi connectivity index (χ0v) is 14.2. The van der Waals surface area contributed by atoms with Crippen LogP contribution in [0.25, 0.3) is 0 Å². The molecule has 0 aromatic heterocycles. The van der Waals surface area contributed by atoms with Crippen molar-refractivity contribution in [2.45, 2.75) is 51.5 Å². The van der Waals surface area contributed by atoms with Crippen LogP contribution in [0, 0.1) is 0 Å². The molecule has 0 saturated carbocycles. The minimum Gasteiger partial charge on any atom is -0.493 e. The third kappa shape index (κ3) is 4.51. The highest BCUT2D eigenvalue weighted by Gasteiger charge is 2.13. The summed E-state index contributed by atoms with van der Waals surface area (Å²) >= 11 is 0. The third-order valence-corrected chi connectivity index (χ3v) is 4.44. The second-order valence-corrected chi connectivity index (χ2v) is 5.89. The van der Waals surface area contributed by atoms with Crippen LogP contribution in [-0.4, -0.2) is 20.8 Å². The molecule has 0 aliphatic heterocycles. The molecule has 0 amide bonds. The Kier molecular flexibility index (Phi) is 6.78. The quantitative estimate of drug-likeness (QED) is 0.710. The molecule has 0 unspecified atom stereocenters. The van der Waals surface area contributed by atoms with E-state index in [2.05, 4.69) is 30.4 Å². The molecule has 22 heavy (non-hydrogen) atoms. The molecule has 0 bridgehead atoms. The lowest BCUT2D eigenvalue weighted by molar-refractivity contribution is 0.353. The van der Waals surface area contributed by atoms with Gasteiger partial charge in [0.25, 0.3) is 0 Å².